The van der Waals surface area contributed by atoms with Crippen molar-refractivity contribution in [2.24, 2.45) is 5.92 Å². The van der Waals surface area contributed by atoms with E-state index >= 15 is 0 Å². The van der Waals surface area contributed by atoms with Crippen molar-refractivity contribution in [1.29, 1.82) is 0 Å². The number of pyridine rings is 1. The summed E-state index contributed by atoms with van der Waals surface area (Å²) < 4.78 is 5.58. The first-order valence-corrected chi connectivity index (χ1v) is 9.77. The second kappa shape index (κ2) is 7.17. The summed E-state index contributed by atoms with van der Waals surface area (Å²) >= 11 is 0. The molecule has 2 aliphatic heterocycles. The highest BCUT2D eigenvalue weighted by Gasteiger charge is 2.45. The largest absolute Gasteiger partial charge is 0.339 e. The molecule has 1 unspecified atom stereocenters. The Morgan fingerprint density at radius 3 is 2.62 bits per heavy atom. The molecule has 2 aliphatic rings. The Kier molecular flexibility index (Phi) is 4.74. The van der Waals surface area contributed by atoms with E-state index in [-0.39, 0.29) is 11.8 Å². The van der Waals surface area contributed by atoms with Gasteiger partial charge in [0, 0.05) is 41.9 Å². The fourth-order valence-electron chi connectivity index (χ4n) is 4.60. The number of carbonyl (C=O) groups is 1. The lowest BCUT2D eigenvalue weighted by atomic mass is 9.89. The van der Waals surface area contributed by atoms with E-state index < -0.39 is 0 Å². The maximum Gasteiger partial charge on any atom is 0.230 e. The lowest BCUT2D eigenvalue weighted by molar-refractivity contribution is -0.140. The molecule has 4 heterocycles. The maximum absolute atomic E-state index is 12.9. The zero-order chi connectivity index (χ0) is 18.1. The van der Waals surface area contributed by atoms with Crippen molar-refractivity contribution in [3.05, 3.63) is 30.4 Å². The van der Waals surface area contributed by atoms with Crippen molar-refractivity contribution in [2.75, 3.05) is 0 Å². The molecule has 6 heteroatoms. The average Bonchev–Trinajstić information content (AvgIpc) is 3.26. The molecule has 0 aliphatic carbocycles. The summed E-state index contributed by atoms with van der Waals surface area (Å²) in [6, 6.07) is 4.44. The van der Waals surface area contributed by atoms with Crippen molar-refractivity contribution in [3.8, 4) is 11.4 Å². The minimum absolute atomic E-state index is 0.162. The number of carbonyl (C=O) groups excluding carboxylic acids is 1. The van der Waals surface area contributed by atoms with E-state index in [0.717, 1.165) is 44.1 Å². The minimum Gasteiger partial charge on any atom is -0.339 e. The first-order chi connectivity index (χ1) is 12.7. The molecule has 1 amide bonds. The van der Waals surface area contributed by atoms with Gasteiger partial charge in [-0.1, -0.05) is 19.0 Å². The summed E-state index contributed by atoms with van der Waals surface area (Å²) in [5.41, 5.74) is 0.867. The molecule has 0 radical (unpaired) electrons. The Morgan fingerprint density at radius 1 is 1.27 bits per heavy atom. The quantitative estimate of drug-likeness (QED) is 0.816. The van der Waals surface area contributed by atoms with E-state index in [4.69, 9.17) is 4.52 Å². The van der Waals surface area contributed by atoms with Gasteiger partial charge in [-0.3, -0.25) is 9.78 Å². The molecule has 2 aromatic heterocycles. The third-order valence-electron chi connectivity index (χ3n) is 6.03. The van der Waals surface area contributed by atoms with Gasteiger partial charge in [0.2, 0.25) is 17.6 Å². The predicted molar refractivity (Wildman–Crippen MR) is 97.2 cm³/mol. The Labute approximate surface area is 154 Å². The van der Waals surface area contributed by atoms with Crippen LogP contribution in [-0.4, -0.2) is 38.0 Å². The molecular weight excluding hydrogens is 328 g/mol. The lowest BCUT2D eigenvalue weighted by Gasteiger charge is -2.39. The van der Waals surface area contributed by atoms with Gasteiger partial charge in [0.15, 0.2) is 0 Å². The number of fused-ring (bicyclic) bond motifs is 2. The van der Waals surface area contributed by atoms with Crippen molar-refractivity contribution in [2.45, 2.75) is 70.4 Å². The highest BCUT2D eigenvalue weighted by molar-refractivity contribution is 5.80. The van der Waals surface area contributed by atoms with Gasteiger partial charge < -0.3 is 9.42 Å². The van der Waals surface area contributed by atoms with E-state index in [1.807, 2.05) is 12.1 Å². The van der Waals surface area contributed by atoms with Crippen molar-refractivity contribution >= 4 is 5.91 Å². The van der Waals surface area contributed by atoms with Crippen LogP contribution in [-0.2, 0) is 4.79 Å². The highest BCUT2D eigenvalue weighted by Crippen LogP contribution is 2.43. The van der Waals surface area contributed by atoms with Gasteiger partial charge in [0.05, 0.1) is 0 Å². The highest BCUT2D eigenvalue weighted by atomic mass is 16.5. The van der Waals surface area contributed by atoms with Crippen molar-refractivity contribution in [1.82, 2.24) is 20.0 Å². The minimum atomic E-state index is 0.162. The van der Waals surface area contributed by atoms with Crippen LogP contribution in [0.25, 0.3) is 11.4 Å². The van der Waals surface area contributed by atoms with E-state index in [1.54, 1.807) is 12.4 Å². The molecule has 6 nitrogen and oxygen atoms in total. The molecule has 2 aromatic rings. The van der Waals surface area contributed by atoms with Crippen LogP contribution in [0, 0.1) is 5.92 Å². The number of hydrogen-bond donors (Lipinski definition) is 0. The molecular formula is C20H26N4O2. The van der Waals surface area contributed by atoms with Crippen molar-refractivity contribution < 1.29 is 9.32 Å². The predicted octanol–water partition coefficient (Wildman–Crippen LogP) is 3.80. The SMILES string of the molecule is CCC(CC)C(=O)N1[C@@H]2CC[C@H]1CC(c1nc(-c3cccnc3)no1)C2. The number of piperidine rings is 1. The molecule has 26 heavy (non-hydrogen) atoms. The van der Waals surface area contributed by atoms with Crippen LogP contribution in [0.1, 0.15) is 64.2 Å². The van der Waals surface area contributed by atoms with Crippen molar-refractivity contribution in [3.63, 3.8) is 0 Å². The monoisotopic (exact) mass is 354 g/mol. The van der Waals surface area contributed by atoms with E-state index in [2.05, 4.69) is 33.9 Å². The molecule has 2 bridgehead atoms. The molecule has 0 spiro atoms. The summed E-state index contributed by atoms with van der Waals surface area (Å²) in [6.45, 7) is 4.22. The normalized spacial score (nSPS) is 25.0. The number of amides is 1. The van der Waals surface area contributed by atoms with Gasteiger partial charge in [-0.15, -0.1) is 0 Å². The molecule has 0 saturated carbocycles. The zero-order valence-electron chi connectivity index (χ0n) is 15.5. The molecule has 4 rings (SSSR count). The first-order valence-electron chi connectivity index (χ1n) is 9.77. The fraction of sp³-hybridized carbons (Fsp3) is 0.600. The molecule has 0 aromatic carbocycles. The van der Waals surface area contributed by atoms with Crippen LogP contribution in [0.3, 0.4) is 0 Å². The summed E-state index contributed by atoms with van der Waals surface area (Å²) in [5.74, 6) is 2.06. The molecule has 2 saturated heterocycles. The van der Waals surface area contributed by atoms with Gasteiger partial charge >= 0.3 is 0 Å². The van der Waals surface area contributed by atoms with Gasteiger partial charge in [-0.25, -0.2) is 0 Å². The maximum atomic E-state index is 12.9. The number of aromatic nitrogens is 3. The third-order valence-corrected chi connectivity index (χ3v) is 6.03. The Morgan fingerprint density at radius 2 is 2.00 bits per heavy atom. The lowest BCUT2D eigenvalue weighted by Crippen LogP contribution is -2.48. The number of rotatable bonds is 5. The average molecular weight is 354 g/mol. The van der Waals surface area contributed by atoms with Crippen LogP contribution < -0.4 is 0 Å². The summed E-state index contributed by atoms with van der Waals surface area (Å²) in [7, 11) is 0. The summed E-state index contributed by atoms with van der Waals surface area (Å²) in [5, 5.41) is 4.13. The van der Waals surface area contributed by atoms with Gasteiger partial charge in [-0.2, -0.15) is 4.98 Å². The van der Waals surface area contributed by atoms with Crippen LogP contribution in [0.15, 0.2) is 29.0 Å². The Bertz CT molecular complexity index is 742. The van der Waals surface area contributed by atoms with E-state index in [9.17, 15) is 4.79 Å². The summed E-state index contributed by atoms with van der Waals surface area (Å²) in [6.07, 6.45) is 9.37. The zero-order valence-corrected chi connectivity index (χ0v) is 15.5. The van der Waals surface area contributed by atoms with Crippen LogP contribution in [0.2, 0.25) is 0 Å². The Hall–Kier alpha value is -2.24. The molecule has 3 atom stereocenters. The molecule has 0 N–H and O–H groups in total. The smallest absolute Gasteiger partial charge is 0.230 e. The second-order valence-electron chi connectivity index (χ2n) is 7.51. The molecule has 2 fully saturated rings. The first kappa shape index (κ1) is 17.2. The van der Waals surface area contributed by atoms with Gasteiger partial charge in [-0.05, 0) is 50.7 Å². The third kappa shape index (κ3) is 3.02. The van der Waals surface area contributed by atoms with E-state index in [1.165, 1.54) is 0 Å². The van der Waals surface area contributed by atoms with Crippen LogP contribution in [0.5, 0.6) is 0 Å². The Balaban J connectivity index is 1.49. The second-order valence-corrected chi connectivity index (χ2v) is 7.51. The van der Waals surface area contributed by atoms with Crippen LogP contribution >= 0.6 is 0 Å². The summed E-state index contributed by atoms with van der Waals surface area (Å²) in [4.78, 5) is 23.8. The molecule has 138 valence electrons. The fourth-order valence-corrected chi connectivity index (χ4v) is 4.60. The topological polar surface area (TPSA) is 72.1 Å². The van der Waals surface area contributed by atoms with Crippen LogP contribution in [0.4, 0.5) is 0 Å². The van der Waals surface area contributed by atoms with E-state index in [0.29, 0.717) is 29.7 Å². The van der Waals surface area contributed by atoms with Gasteiger partial charge in [0.25, 0.3) is 0 Å². The van der Waals surface area contributed by atoms with Gasteiger partial charge in [0.1, 0.15) is 0 Å². The number of hydrogen-bond acceptors (Lipinski definition) is 5. The standard InChI is InChI=1S/C20H26N4O2/c1-3-13(4-2)20(25)24-16-7-8-17(24)11-15(10-16)19-22-18(23-26-19)14-6-5-9-21-12-14/h5-6,9,12-13,15-17H,3-4,7-8,10-11H2,1-2H3/t15?,16-,17+. The number of nitrogens with zero attached hydrogens (tertiary/aromatic N) is 4.